The molecule has 0 amide bonds. The van der Waals surface area contributed by atoms with Crippen molar-refractivity contribution in [2.24, 2.45) is 0 Å². The highest BCUT2D eigenvalue weighted by Gasteiger charge is 2.20. The van der Waals surface area contributed by atoms with Gasteiger partial charge >= 0.3 is 0 Å². The van der Waals surface area contributed by atoms with E-state index in [0.717, 1.165) is 24.3 Å². The number of aliphatic hydroxyl groups excluding tert-OH is 1. The molecule has 1 atom stereocenters. The molecule has 1 aliphatic heterocycles. The van der Waals surface area contributed by atoms with Crippen LogP contribution in [0.25, 0.3) is 0 Å². The van der Waals surface area contributed by atoms with Crippen LogP contribution in [0.1, 0.15) is 22.1 Å². The zero-order chi connectivity index (χ0) is 11.7. The Hall–Kier alpha value is -1.32. The first-order valence-electron chi connectivity index (χ1n) is 5.79. The van der Waals surface area contributed by atoms with Gasteiger partial charge in [0.25, 0.3) is 0 Å². The van der Waals surface area contributed by atoms with Crippen LogP contribution < -0.4 is 4.74 Å². The van der Waals surface area contributed by atoms with Crippen LogP contribution in [0.3, 0.4) is 0 Å². The average Bonchev–Trinajstić information content (AvgIpc) is 2.97. The number of ether oxygens (including phenoxy) is 1. The van der Waals surface area contributed by atoms with Crippen molar-refractivity contribution in [1.29, 1.82) is 0 Å². The van der Waals surface area contributed by atoms with Crippen molar-refractivity contribution < 1.29 is 9.84 Å². The van der Waals surface area contributed by atoms with Crippen LogP contribution in [0.5, 0.6) is 5.75 Å². The first kappa shape index (κ1) is 10.8. The number of hydrogen-bond acceptors (Lipinski definition) is 3. The number of hydrogen-bond donors (Lipinski definition) is 1. The van der Waals surface area contributed by atoms with Gasteiger partial charge in [0.2, 0.25) is 0 Å². The van der Waals surface area contributed by atoms with E-state index in [1.807, 2.05) is 23.6 Å². The van der Waals surface area contributed by atoms with Gasteiger partial charge in [-0.05, 0) is 17.0 Å². The van der Waals surface area contributed by atoms with E-state index in [1.165, 1.54) is 10.4 Å². The largest absolute Gasteiger partial charge is 0.493 e. The number of thiophene rings is 1. The fraction of sp³-hybridized carbons (Fsp3) is 0.286. The maximum atomic E-state index is 10.3. The molecule has 2 nitrogen and oxygen atoms in total. The lowest BCUT2D eigenvalue weighted by Crippen LogP contribution is -2.02. The third kappa shape index (κ3) is 2.08. The van der Waals surface area contributed by atoms with Gasteiger partial charge in [0.05, 0.1) is 12.7 Å². The van der Waals surface area contributed by atoms with Gasteiger partial charge < -0.3 is 9.84 Å². The molecule has 1 unspecified atom stereocenters. The summed E-state index contributed by atoms with van der Waals surface area (Å²) < 4.78 is 5.61. The van der Waals surface area contributed by atoms with E-state index >= 15 is 0 Å². The van der Waals surface area contributed by atoms with Gasteiger partial charge in [-0.1, -0.05) is 24.3 Å². The monoisotopic (exact) mass is 246 g/mol. The highest BCUT2D eigenvalue weighted by Crippen LogP contribution is 2.35. The van der Waals surface area contributed by atoms with Crippen LogP contribution in [0.4, 0.5) is 0 Å². The SMILES string of the molecule is OC(Cc1cccs1)c1cccc2c1OCC2. The summed E-state index contributed by atoms with van der Waals surface area (Å²) in [5, 5.41) is 12.3. The molecule has 1 aromatic carbocycles. The molecule has 0 saturated carbocycles. The lowest BCUT2D eigenvalue weighted by molar-refractivity contribution is 0.174. The minimum atomic E-state index is -0.471. The minimum Gasteiger partial charge on any atom is -0.493 e. The summed E-state index contributed by atoms with van der Waals surface area (Å²) in [6.07, 6.45) is 1.15. The van der Waals surface area contributed by atoms with Crippen molar-refractivity contribution in [2.75, 3.05) is 6.61 Å². The maximum Gasteiger partial charge on any atom is 0.128 e. The summed E-state index contributed by atoms with van der Waals surface area (Å²) >= 11 is 1.68. The van der Waals surface area contributed by atoms with E-state index in [0.29, 0.717) is 6.42 Å². The molecule has 1 aromatic heterocycles. The lowest BCUT2D eigenvalue weighted by atomic mass is 10.0. The Balaban J connectivity index is 1.86. The van der Waals surface area contributed by atoms with Crippen molar-refractivity contribution in [2.45, 2.75) is 18.9 Å². The molecule has 1 aliphatic rings. The summed E-state index contributed by atoms with van der Waals surface area (Å²) in [7, 11) is 0. The molecule has 2 aromatic rings. The van der Waals surface area contributed by atoms with Crippen molar-refractivity contribution in [1.82, 2.24) is 0 Å². The van der Waals surface area contributed by atoms with Crippen LogP contribution in [0, 0.1) is 0 Å². The molecule has 0 radical (unpaired) electrons. The Morgan fingerprint density at radius 3 is 3.06 bits per heavy atom. The molecule has 2 heterocycles. The minimum absolute atomic E-state index is 0.471. The predicted octanol–water partition coefficient (Wildman–Crippen LogP) is 2.96. The molecular weight excluding hydrogens is 232 g/mol. The quantitative estimate of drug-likeness (QED) is 0.902. The first-order valence-corrected chi connectivity index (χ1v) is 6.67. The van der Waals surface area contributed by atoms with Crippen LogP contribution in [-0.4, -0.2) is 11.7 Å². The van der Waals surface area contributed by atoms with Gasteiger partial charge in [-0.25, -0.2) is 0 Å². The lowest BCUT2D eigenvalue weighted by Gasteiger charge is -2.13. The van der Waals surface area contributed by atoms with Crippen LogP contribution in [0.15, 0.2) is 35.7 Å². The molecule has 0 bridgehead atoms. The molecular formula is C14H14O2S. The first-order chi connectivity index (χ1) is 8.34. The normalized spacial score (nSPS) is 15.4. The van der Waals surface area contributed by atoms with Gasteiger partial charge in [-0.3, -0.25) is 0 Å². The van der Waals surface area contributed by atoms with Gasteiger partial charge in [0, 0.05) is 23.3 Å². The van der Waals surface area contributed by atoms with Gasteiger partial charge in [-0.2, -0.15) is 0 Å². The number of fused-ring (bicyclic) bond motifs is 1. The van der Waals surface area contributed by atoms with E-state index in [9.17, 15) is 5.11 Å². The Labute approximate surface area is 104 Å². The molecule has 0 aliphatic carbocycles. The summed E-state index contributed by atoms with van der Waals surface area (Å²) in [6.45, 7) is 0.734. The summed E-state index contributed by atoms with van der Waals surface area (Å²) in [4.78, 5) is 1.20. The predicted molar refractivity (Wildman–Crippen MR) is 68.6 cm³/mol. The second kappa shape index (κ2) is 4.51. The average molecular weight is 246 g/mol. The zero-order valence-corrected chi connectivity index (χ0v) is 10.2. The van der Waals surface area contributed by atoms with Crippen LogP contribution in [-0.2, 0) is 12.8 Å². The van der Waals surface area contributed by atoms with Crippen LogP contribution >= 0.6 is 11.3 Å². The molecule has 17 heavy (non-hydrogen) atoms. The Kier molecular flexibility index (Phi) is 2.87. The smallest absolute Gasteiger partial charge is 0.128 e. The fourth-order valence-electron chi connectivity index (χ4n) is 2.23. The standard InChI is InChI=1S/C14H14O2S/c15-13(9-11-4-2-8-17-11)12-5-1-3-10-6-7-16-14(10)12/h1-5,8,13,15H,6-7,9H2. The molecule has 3 rings (SSSR count). The number of rotatable bonds is 3. The molecule has 0 spiro atoms. The highest BCUT2D eigenvalue weighted by atomic mass is 32.1. The molecule has 3 heteroatoms. The van der Waals surface area contributed by atoms with Crippen molar-refractivity contribution in [3.05, 3.63) is 51.7 Å². The topological polar surface area (TPSA) is 29.5 Å². The maximum absolute atomic E-state index is 10.3. The molecule has 88 valence electrons. The third-order valence-electron chi connectivity index (χ3n) is 3.08. The van der Waals surface area contributed by atoms with E-state index in [2.05, 4.69) is 12.1 Å². The van der Waals surface area contributed by atoms with Crippen molar-refractivity contribution >= 4 is 11.3 Å². The molecule has 0 saturated heterocycles. The number of benzene rings is 1. The second-order valence-corrected chi connectivity index (χ2v) is 5.27. The van der Waals surface area contributed by atoms with Crippen molar-refractivity contribution in [3.8, 4) is 5.75 Å². The Bertz CT molecular complexity index is 505. The summed E-state index contributed by atoms with van der Waals surface area (Å²) in [5.74, 6) is 0.900. The highest BCUT2D eigenvalue weighted by molar-refractivity contribution is 7.09. The van der Waals surface area contributed by atoms with Gasteiger partial charge in [0.1, 0.15) is 5.75 Å². The number of para-hydroxylation sites is 1. The summed E-state index contributed by atoms with van der Waals surface area (Å²) in [5.41, 5.74) is 2.14. The summed E-state index contributed by atoms with van der Waals surface area (Å²) in [6, 6.07) is 10.1. The van der Waals surface area contributed by atoms with Crippen molar-refractivity contribution in [3.63, 3.8) is 0 Å². The molecule has 0 fully saturated rings. The zero-order valence-electron chi connectivity index (χ0n) is 9.43. The Morgan fingerprint density at radius 1 is 1.29 bits per heavy atom. The van der Waals surface area contributed by atoms with E-state index in [4.69, 9.17) is 4.74 Å². The Morgan fingerprint density at radius 2 is 2.24 bits per heavy atom. The second-order valence-electron chi connectivity index (χ2n) is 4.23. The van der Waals surface area contributed by atoms with Gasteiger partial charge in [-0.15, -0.1) is 11.3 Å². The number of aliphatic hydroxyl groups is 1. The van der Waals surface area contributed by atoms with Crippen LogP contribution in [0.2, 0.25) is 0 Å². The van der Waals surface area contributed by atoms with E-state index < -0.39 is 6.10 Å². The van der Waals surface area contributed by atoms with E-state index in [1.54, 1.807) is 11.3 Å². The van der Waals surface area contributed by atoms with Gasteiger partial charge in [0.15, 0.2) is 0 Å². The third-order valence-corrected chi connectivity index (χ3v) is 3.98. The fourth-order valence-corrected chi connectivity index (χ4v) is 2.98. The van der Waals surface area contributed by atoms with E-state index in [-0.39, 0.29) is 0 Å². The molecule has 1 N–H and O–H groups in total.